The minimum atomic E-state index is -0.945. The fraction of sp³-hybridized carbons (Fsp3) is 0.458. The molecule has 4 nitrogen and oxygen atoms in total. The number of carboxylic acids is 1. The number of fused-ring (bicyclic) bond motifs is 3. The lowest BCUT2D eigenvalue weighted by molar-refractivity contribution is -0.153. The Labute approximate surface area is 166 Å². The van der Waals surface area contributed by atoms with Crippen LogP contribution in [0.1, 0.15) is 71.8 Å². The molecular weight excluding hydrogens is 352 g/mol. The van der Waals surface area contributed by atoms with Crippen LogP contribution in [0.4, 0.5) is 0 Å². The van der Waals surface area contributed by atoms with Crippen molar-refractivity contribution < 1.29 is 19.4 Å². The summed E-state index contributed by atoms with van der Waals surface area (Å²) in [6.07, 6.45) is 0.962. The molecule has 2 aliphatic rings. The maximum absolute atomic E-state index is 11.4. The molecule has 1 N–H and O–H groups in total. The van der Waals surface area contributed by atoms with Crippen molar-refractivity contribution in [1.82, 2.24) is 0 Å². The number of hydrogen-bond acceptors (Lipinski definition) is 3. The zero-order chi connectivity index (χ0) is 20.2. The van der Waals surface area contributed by atoms with Gasteiger partial charge in [-0.1, -0.05) is 29.8 Å². The van der Waals surface area contributed by atoms with Gasteiger partial charge in [0.1, 0.15) is 11.4 Å². The molecule has 2 aliphatic heterocycles. The smallest absolute Gasteiger partial charge is 0.335 e. The first kappa shape index (κ1) is 19.0. The van der Waals surface area contributed by atoms with Gasteiger partial charge in [-0.15, -0.1) is 0 Å². The summed E-state index contributed by atoms with van der Waals surface area (Å²) in [7, 11) is 0. The van der Waals surface area contributed by atoms with Crippen molar-refractivity contribution in [2.24, 2.45) is 5.92 Å². The van der Waals surface area contributed by atoms with E-state index in [0.717, 1.165) is 12.0 Å². The second-order valence-electron chi connectivity index (χ2n) is 8.83. The Balaban J connectivity index is 1.73. The van der Waals surface area contributed by atoms with Gasteiger partial charge in [0.2, 0.25) is 0 Å². The quantitative estimate of drug-likeness (QED) is 0.755. The van der Waals surface area contributed by atoms with E-state index in [1.54, 1.807) is 12.1 Å². The standard InChI is InChI=1S/C24H28O4/c1-13-6-7-14(2)18(10-13)19-12-20-22(27-15(19)3)17-9-8-16(23(25)26)11-21(17)28-24(20,4)5/h6-11,15,19-20,22H,12H2,1-5H3,(H,25,26)/t15-,19-,20-,22+/m0/s1. The Kier molecular flexibility index (Phi) is 4.50. The van der Waals surface area contributed by atoms with Gasteiger partial charge in [-0.25, -0.2) is 4.79 Å². The van der Waals surface area contributed by atoms with Crippen molar-refractivity contribution in [2.75, 3.05) is 0 Å². The molecule has 2 heterocycles. The van der Waals surface area contributed by atoms with Crippen LogP contribution in [-0.4, -0.2) is 22.8 Å². The minimum absolute atomic E-state index is 0.0719. The lowest BCUT2D eigenvalue weighted by atomic mass is 9.70. The number of rotatable bonds is 2. The largest absolute Gasteiger partial charge is 0.487 e. The summed E-state index contributed by atoms with van der Waals surface area (Å²) in [4.78, 5) is 11.4. The lowest BCUT2D eigenvalue weighted by Gasteiger charge is -2.51. The molecule has 0 unspecified atom stereocenters. The van der Waals surface area contributed by atoms with Gasteiger partial charge in [0.05, 0.1) is 17.8 Å². The van der Waals surface area contributed by atoms with E-state index in [-0.39, 0.29) is 23.7 Å². The third kappa shape index (κ3) is 3.10. The van der Waals surface area contributed by atoms with Gasteiger partial charge < -0.3 is 14.6 Å². The van der Waals surface area contributed by atoms with E-state index in [4.69, 9.17) is 9.47 Å². The summed E-state index contributed by atoms with van der Waals surface area (Å²) < 4.78 is 12.9. The molecule has 28 heavy (non-hydrogen) atoms. The topological polar surface area (TPSA) is 55.8 Å². The molecule has 4 rings (SSSR count). The van der Waals surface area contributed by atoms with E-state index in [9.17, 15) is 9.90 Å². The van der Waals surface area contributed by atoms with Gasteiger partial charge in [0.15, 0.2) is 0 Å². The molecule has 4 atom stereocenters. The normalized spacial score (nSPS) is 28.0. The van der Waals surface area contributed by atoms with Crippen molar-refractivity contribution in [2.45, 2.75) is 64.8 Å². The highest BCUT2D eigenvalue weighted by Crippen LogP contribution is 2.54. The molecule has 1 saturated heterocycles. The fourth-order valence-corrected chi connectivity index (χ4v) is 4.84. The SMILES string of the molecule is Cc1ccc(C)c([C@H]2C[C@H]3[C@H](O[C@H]2C)c2ccc(C(=O)O)cc2OC3(C)C)c1. The van der Waals surface area contributed by atoms with Crippen molar-refractivity contribution in [3.63, 3.8) is 0 Å². The predicted molar refractivity (Wildman–Crippen MR) is 108 cm³/mol. The second-order valence-corrected chi connectivity index (χ2v) is 8.83. The molecule has 2 aromatic rings. The van der Waals surface area contributed by atoms with E-state index < -0.39 is 11.6 Å². The summed E-state index contributed by atoms with van der Waals surface area (Å²) in [6.45, 7) is 10.6. The van der Waals surface area contributed by atoms with E-state index >= 15 is 0 Å². The van der Waals surface area contributed by atoms with Crippen LogP contribution in [0.5, 0.6) is 5.75 Å². The van der Waals surface area contributed by atoms with Crippen molar-refractivity contribution >= 4 is 5.97 Å². The Hall–Kier alpha value is -2.33. The molecule has 0 radical (unpaired) electrons. The van der Waals surface area contributed by atoms with Crippen LogP contribution >= 0.6 is 0 Å². The first-order valence-corrected chi connectivity index (χ1v) is 9.96. The predicted octanol–water partition coefficient (Wildman–Crippen LogP) is 5.42. The highest BCUT2D eigenvalue weighted by atomic mass is 16.5. The maximum Gasteiger partial charge on any atom is 0.335 e. The van der Waals surface area contributed by atoms with Gasteiger partial charge >= 0.3 is 5.97 Å². The molecule has 0 bridgehead atoms. The monoisotopic (exact) mass is 380 g/mol. The summed E-state index contributed by atoms with van der Waals surface area (Å²) >= 11 is 0. The molecule has 148 valence electrons. The van der Waals surface area contributed by atoms with Gasteiger partial charge in [0, 0.05) is 17.4 Å². The number of hydrogen-bond donors (Lipinski definition) is 1. The van der Waals surface area contributed by atoms with Crippen molar-refractivity contribution in [3.05, 3.63) is 64.2 Å². The first-order chi connectivity index (χ1) is 13.2. The highest BCUT2D eigenvalue weighted by molar-refractivity contribution is 5.88. The number of carbonyl (C=O) groups is 1. The zero-order valence-corrected chi connectivity index (χ0v) is 17.2. The van der Waals surface area contributed by atoms with Gasteiger partial charge in [-0.2, -0.15) is 0 Å². The lowest BCUT2D eigenvalue weighted by Crippen LogP contribution is -2.50. The molecule has 0 saturated carbocycles. The summed E-state index contributed by atoms with van der Waals surface area (Å²) in [6, 6.07) is 11.8. The highest BCUT2D eigenvalue weighted by Gasteiger charge is 2.50. The molecule has 2 aromatic carbocycles. The van der Waals surface area contributed by atoms with E-state index in [2.05, 4.69) is 52.8 Å². The third-order valence-corrected chi connectivity index (χ3v) is 6.47. The molecule has 1 fully saturated rings. The number of carboxylic acid groups (broad SMARTS) is 1. The molecule has 0 amide bonds. The maximum atomic E-state index is 11.4. The minimum Gasteiger partial charge on any atom is -0.487 e. The van der Waals surface area contributed by atoms with Crippen LogP contribution in [0.2, 0.25) is 0 Å². The van der Waals surface area contributed by atoms with Crippen LogP contribution < -0.4 is 4.74 Å². The molecule has 0 aliphatic carbocycles. The summed E-state index contributed by atoms with van der Waals surface area (Å²) in [5.41, 5.74) is 4.68. The van der Waals surface area contributed by atoms with E-state index in [1.165, 1.54) is 16.7 Å². The average Bonchev–Trinajstić information content (AvgIpc) is 2.62. The summed E-state index contributed by atoms with van der Waals surface area (Å²) in [5.74, 6) is 0.184. The first-order valence-electron chi connectivity index (χ1n) is 9.96. The molecule has 0 spiro atoms. The third-order valence-electron chi connectivity index (χ3n) is 6.47. The number of aromatic carboxylic acids is 1. The second kappa shape index (κ2) is 6.63. The Bertz CT molecular complexity index is 930. The van der Waals surface area contributed by atoms with Crippen LogP contribution in [0.3, 0.4) is 0 Å². The average molecular weight is 380 g/mol. The van der Waals surface area contributed by atoms with Gasteiger partial charge in [-0.3, -0.25) is 0 Å². The summed E-state index contributed by atoms with van der Waals surface area (Å²) in [5, 5.41) is 9.31. The number of benzene rings is 2. The van der Waals surface area contributed by atoms with Crippen molar-refractivity contribution in [1.29, 1.82) is 0 Å². The molecular formula is C24H28O4. The van der Waals surface area contributed by atoms with E-state index in [1.807, 2.05) is 6.07 Å². The Morgan fingerprint density at radius 2 is 1.86 bits per heavy atom. The van der Waals surface area contributed by atoms with Gasteiger partial charge in [-0.05, 0) is 64.3 Å². The Morgan fingerprint density at radius 3 is 2.57 bits per heavy atom. The van der Waals surface area contributed by atoms with Crippen LogP contribution in [0, 0.1) is 19.8 Å². The molecule has 0 aromatic heterocycles. The van der Waals surface area contributed by atoms with Crippen LogP contribution in [-0.2, 0) is 4.74 Å². The van der Waals surface area contributed by atoms with Crippen molar-refractivity contribution in [3.8, 4) is 5.75 Å². The number of ether oxygens (including phenoxy) is 2. The van der Waals surface area contributed by atoms with Gasteiger partial charge in [0.25, 0.3) is 0 Å². The number of aryl methyl sites for hydroxylation is 2. The van der Waals surface area contributed by atoms with Crippen LogP contribution in [0.25, 0.3) is 0 Å². The molecule has 4 heteroatoms. The van der Waals surface area contributed by atoms with Crippen LogP contribution in [0.15, 0.2) is 36.4 Å². The van der Waals surface area contributed by atoms with E-state index in [0.29, 0.717) is 11.7 Å². The Morgan fingerprint density at radius 1 is 1.11 bits per heavy atom. The fourth-order valence-electron chi connectivity index (χ4n) is 4.84. The zero-order valence-electron chi connectivity index (χ0n) is 17.2.